The second kappa shape index (κ2) is 7.77. The second-order valence-electron chi connectivity index (χ2n) is 3.90. The molecule has 7 nitrogen and oxygen atoms in total. The number of nitrogens with two attached hydrogens (primary N) is 1. The van der Waals surface area contributed by atoms with E-state index in [4.69, 9.17) is 19.0 Å². The Morgan fingerprint density at radius 1 is 1.40 bits per heavy atom. The number of furan rings is 1. The van der Waals surface area contributed by atoms with Crippen LogP contribution in [-0.2, 0) is 19.5 Å². The first-order valence-electron chi connectivity index (χ1n) is 5.93. The summed E-state index contributed by atoms with van der Waals surface area (Å²) in [4.78, 5) is 11.3. The Bertz CT molecular complexity index is 553. The largest absolute Gasteiger partial charge is 0.457 e. The Kier molecular flexibility index (Phi) is 6.66. The third-order valence-electron chi connectivity index (χ3n) is 2.27. The minimum Gasteiger partial charge on any atom is -0.457 e. The highest BCUT2D eigenvalue weighted by atomic mass is 79.9. The molecule has 0 aromatic carbocycles. The maximum Gasteiger partial charge on any atom is 0.374 e. The van der Waals surface area contributed by atoms with Crippen molar-refractivity contribution in [2.24, 2.45) is 5.14 Å². The van der Waals surface area contributed by atoms with Crippen LogP contribution < -0.4 is 5.14 Å². The standard InChI is InChI=1S/C11H16BrNO6S/c1-2-3-4-17-5-6-18-11(14)8-7-9(10(12)19-8)20(13,15)16/h7H,2-6H2,1H3,(H2,13,15,16). The summed E-state index contributed by atoms with van der Waals surface area (Å²) in [6.07, 6.45) is 1.97. The van der Waals surface area contributed by atoms with E-state index in [1.54, 1.807) is 0 Å². The fourth-order valence-electron chi connectivity index (χ4n) is 1.26. The molecule has 0 radical (unpaired) electrons. The van der Waals surface area contributed by atoms with E-state index in [2.05, 4.69) is 15.9 Å². The van der Waals surface area contributed by atoms with Gasteiger partial charge in [0.25, 0.3) is 0 Å². The number of sulfonamides is 1. The third kappa shape index (κ3) is 5.23. The van der Waals surface area contributed by atoms with Gasteiger partial charge in [0.2, 0.25) is 15.8 Å². The van der Waals surface area contributed by atoms with Crippen LogP contribution in [0.5, 0.6) is 0 Å². The molecule has 0 saturated carbocycles. The van der Waals surface area contributed by atoms with Crippen LogP contribution in [-0.4, -0.2) is 34.2 Å². The summed E-state index contributed by atoms with van der Waals surface area (Å²) in [6, 6.07) is 1.01. The van der Waals surface area contributed by atoms with Crippen LogP contribution in [0.25, 0.3) is 0 Å². The minimum atomic E-state index is -3.95. The molecule has 0 aliphatic heterocycles. The topological polar surface area (TPSA) is 109 Å². The quantitative estimate of drug-likeness (QED) is 0.551. The van der Waals surface area contributed by atoms with Gasteiger partial charge in [0.1, 0.15) is 11.5 Å². The first kappa shape index (κ1) is 17.2. The number of unbranched alkanes of at least 4 members (excludes halogenated alkanes) is 1. The maximum absolute atomic E-state index is 11.6. The number of hydrogen-bond acceptors (Lipinski definition) is 6. The molecule has 1 aromatic rings. The third-order valence-corrected chi connectivity index (χ3v) is 4.03. The molecule has 0 spiro atoms. The number of primary sulfonamides is 1. The molecule has 0 unspecified atom stereocenters. The van der Waals surface area contributed by atoms with E-state index in [0.29, 0.717) is 6.61 Å². The highest BCUT2D eigenvalue weighted by Crippen LogP contribution is 2.25. The zero-order valence-electron chi connectivity index (χ0n) is 10.9. The monoisotopic (exact) mass is 369 g/mol. The van der Waals surface area contributed by atoms with Gasteiger partial charge in [-0.05, 0) is 22.4 Å². The molecule has 0 bridgehead atoms. The van der Waals surface area contributed by atoms with Crippen molar-refractivity contribution >= 4 is 31.9 Å². The van der Waals surface area contributed by atoms with E-state index >= 15 is 0 Å². The Morgan fingerprint density at radius 2 is 2.10 bits per heavy atom. The second-order valence-corrected chi connectivity index (χ2v) is 6.15. The van der Waals surface area contributed by atoms with E-state index in [1.165, 1.54) is 0 Å². The number of ether oxygens (including phenoxy) is 2. The molecule has 0 fully saturated rings. The number of carbonyl (C=O) groups is 1. The Labute approximate surface area is 125 Å². The summed E-state index contributed by atoms with van der Waals surface area (Å²) in [6.45, 7) is 2.98. The molecular weight excluding hydrogens is 354 g/mol. The van der Waals surface area contributed by atoms with Gasteiger partial charge in [-0.25, -0.2) is 18.4 Å². The SMILES string of the molecule is CCCCOCCOC(=O)c1cc(S(N)(=O)=O)c(Br)o1. The van der Waals surface area contributed by atoms with Crippen molar-refractivity contribution in [1.82, 2.24) is 0 Å². The van der Waals surface area contributed by atoms with Crippen molar-refractivity contribution in [3.63, 3.8) is 0 Å². The van der Waals surface area contributed by atoms with E-state index in [1.807, 2.05) is 6.92 Å². The van der Waals surface area contributed by atoms with E-state index in [0.717, 1.165) is 18.9 Å². The Morgan fingerprint density at radius 3 is 2.65 bits per heavy atom. The molecule has 20 heavy (non-hydrogen) atoms. The molecule has 114 valence electrons. The van der Waals surface area contributed by atoms with Crippen LogP contribution in [0.1, 0.15) is 30.3 Å². The zero-order chi connectivity index (χ0) is 15.2. The van der Waals surface area contributed by atoms with E-state index in [-0.39, 0.29) is 28.5 Å². The molecule has 0 aliphatic rings. The molecule has 1 rings (SSSR count). The van der Waals surface area contributed by atoms with Crippen LogP contribution in [0, 0.1) is 0 Å². The highest BCUT2D eigenvalue weighted by molar-refractivity contribution is 9.10. The normalized spacial score (nSPS) is 11.6. The molecule has 2 N–H and O–H groups in total. The Balaban J connectivity index is 2.49. The van der Waals surface area contributed by atoms with Crippen molar-refractivity contribution in [2.45, 2.75) is 24.7 Å². The molecule has 0 aliphatic carbocycles. The number of esters is 1. The van der Waals surface area contributed by atoms with Gasteiger partial charge in [-0.2, -0.15) is 0 Å². The fourth-order valence-corrected chi connectivity index (χ4v) is 2.76. The number of rotatable bonds is 8. The van der Waals surface area contributed by atoms with Gasteiger partial charge in [-0.3, -0.25) is 0 Å². The molecular formula is C11H16BrNO6S. The summed E-state index contributed by atoms with van der Waals surface area (Å²) in [5.74, 6) is -1.02. The van der Waals surface area contributed by atoms with Crippen LogP contribution in [0.3, 0.4) is 0 Å². The van der Waals surface area contributed by atoms with Gasteiger partial charge < -0.3 is 13.9 Å². The predicted molar refractivity (Wildman–Crippen MR) is 73.8 cm³/mol. The first-order valence-corrected chi connectivity index (χ1v) is 8.27. The summed E-state index contributed by atoms with van der Waals surface area (Å²) in [7, 11) is -3.95. The number of halogens is 1. The summed E-state index contributed by atoms with van der Waals surface area (Å²) < 4.78 is 37.2. The van der Waals surface area contributed by atoms with Gasteiger partial charge in [-0.1, -0.05) is 13.3 Å². The van der Waals surface area contributed by atoms with Gasteiger partial charge in [0.15, 0.2) is 4.67 Å². The van der Waals surface area contributed by atoms with Crippen LogP contribution in [0.15, 0.2) is 20.0 Å². The van der Waals surface area contributed by atoms with Gasteiger partial charge >= 0.3 is 5.97 Å². The van der Waals surface area contributed by atoms with Crippen LogP contribution >= 0.6 is 15.9 Å². The molecule has 1 aromatic heterocycles. The van der Waals surface area contributed by atoms with E-state index < -0.39 is 16.0 Å². The maximum atomic E-state index is 11.6. The van der Waals surface area contributed by atoms with Gasteiger partial charge in [-0.15, -0.1) is 0 Å². The van der Waals surface area contributed by atoms with Crippen molar-refractivity contribution in [3.05, 3.63) is 16.5 Å². The lowest BCUT2D eigenvalue weighted by Crippen LogP contribution is -2.12. The smallest absolute Gasteiger partial charge is 0.374 e. The lowest BCUT2D eigenvalue weighted by molar-refractivity contribution is 0.0283. The summed E-state index contributed by atoms with van der Waals surface area (Å²) in [5, 5.41) is 4.95. The lowest BCUT2D eigenvalue weighted by Gasteiger charge is -2.03. The fraction of sp³-hybridized carbons (Fsp3) is 0.545. The van der Waals surface area contributed by atoms with Crippen LogP contribution in [0.4, 0.5) is 0 Å². The Hall–Kier alpha value is -0.900. The van der Waals surface area contributed by atoms with E-state index in [9.17, 15) is 13.2 Å². The molecule has 0 atom stereocenters. The van der Waals surface area contributed by atoms with Gasteiger partial charge in [0, 0.05) is 12.7 Å². The van der Waals surface area contributed by atoms with Crippen molar-refractivity contribution in [3.8, 4) is 0 Å². The average molecular weight is 370 g/mol. The summed E-state index contributed by atoms with van der Waals surface area (Å²) >= 11 is 2.87. The average Bonchev–Trinajstić information content (AvgIpc) is 2.75. The van der Waals surface area contributed by atoms with Crippen LogP contribution in [0.2, 0.25) is 0 Å². The molecule has 1 heterocycles. The van der Waals surface area contributed by atoms with Crippen molar-refractivity contribution < 1.29 is 27.1 Å². The minimum absolute atomic E-state index is 0.0611. The molecule has 0 saturated heterocycles. The highest BCUT2D eigenvalue weighted by Gasteiger charge is 2.22. The lowest BCUT2D eigenvalue weighted by atomic mass is 10.4. The van der Waals surface area contributed by atoms with Gasteiger partial charge in [0.05, 0.1) is 6.61 Å². The summed E-state index contributed by atoms with van der Waals surface area (Å²) in [5.41, 5.74) is 0. The zero-order valence-corrected chi connectivity index (χ0v) is 13.3. The first-order chi connectivity index (χ1) is 9.36. The number of hydrogen-bond donors (Lipinski definition) is 1. The predicted octanol–water partition coefficient (Wildman–Crippen LogP) is 1.66. The van der Waals surface area contributed by atoms with Crippen molar-refractivity contribution in [2.75, 3.05) is 19.8 Å². The molecule has 0 amide bonds. The number of carbonyl (C=O) groups excluding carboxylic acids is 1. The molecule has 9 heteroatoms. The van der Waals surface area contributed by atoms with Crippen molar-refractivity contribution in [1.29, 1.82) is 0 Å².